The van der Waals surface area contributed by atoms with Crippen molar-refractivity contribution in [2.24, 2.45) is 0 Å². The highest BCUT2D eigenvalue weighted by molar-refractivity contribution is 5.14. The predicted octanol–water partition coefficient (Wildman–Crippen LogP) is 2.53. The highest BCUT2D eigenvalue weighted by Gasteiger charge is 2.14. The van der Waals surface area contributed by atoms with Gasteiger partial charge in [0.1, 0.15) is 0 Å². The van der Waals surface area contributed by atoms with E-state index in [9.17, 15) is 10.2 Å². The molecule has 0 aromatic heterocycles. The summed E-state index contributed by atoms with van der Waals surface area (Å²) >= 11 is 0. The summed E-state index contributed by atoms with van der Waals surface area (Å²) in [6.45, 7) is 2.01. The van der Waals surface area contributed by atoms with Gasteiger partial charge in [0.15, 0.2) is 0 Å². The zero-order valence-corrected chi connectivity index (χ0v) is 9.97. The van der Waals surface area contributed by atoms with Crippen molar-refractivity contribution < 1.29 is 10.2 Å². The van der Waals surface area contributed by atoms with Crippen LogP contribution in [0.2, 0.25) is 0 Å². The molecule has 90 valence electrons. The maximum Gasteiger partial charge on any atom is 0.0799 e. The lowest BCUT2D eigenvalue weighted by Crippen LogP contribution is -2.25. The number of aliphatic hydroxyl groups is 2. The zero-order chi connectivity index (χ0) is 11.8. The van der Waals surface area contributed by atoms with Crippen molar-refractivity contribution in [1.29, 1.82) is 0 Å². The van der Waals surface area contributed by atoms with Crippen LogP contribution in [0.1, 0.15) is 38.2 Å². The van der Waals surface area contributed by atoms with E-state index in [1.54, 1.807) is 0 Å². The monoisotopic (exact) mass is 222 g/mol. The Morgan fingerprint density at radius 1 is 1.00 bits per heavy atom. The van der Waals surface area contributed by atoms with E-state index in [1.165, 1.54) is 5.56 Å². The minimum atomic E-state index is -0.566. The third-order valence-electron chi connectivity index (χ3n) is 2.84. The standard InChI is InChI=1S/C14H22O2/c1-2-7-13(15)14(16)11-6-10-12-8-4-3-5-9-12/h3-5,8-9,13-16H,2,6-7,10-11H2,1H3. The van der Waals surface area contributed by atoms with Gasteiger partial charge in [-0.15, -0.1) is 0 Å². The summed E-state index contributed by atoms with van der Waals surface area (Å²) in [6, 6.07) is 10.2. The third kappa shape index (κ3) is 4.77. The van der Waals surface area contributed by atoms with Crippen LogP contribution < -0.4 is 0 Å². The van der Waals surface area contributed by atoms with Crippen molar-refractivity contribution in [1.82, 2.24) is 0 Å². The van der Waals surface area contributed by atoms with Gasteiger partial charge in [-0.2, -0.15) is 0 Å². The van der Waals surface area contributed by atoms with Gasteiger partial charge in [0.25, 0.3) is 0 Å². The Balaban J connectivity index is 2.20. The Bertz CT molecular complexity index is 271. The Hall–Kier alpha value is -0.860. The van der Waals surface area contributed by atoms with E-state index in [-0.39, 0.29) is 0 Å². The number of hydrogen-bond donors (Lipinski definition) is 2. The van der Waals surface area contributed by atoms with E-state index < -0.39 is 12.2 Å². The highest BCUT2D eigenvalue weighted by atomic mass is 16.3. The number of aliphatic hydroxyl groups excluding tert-OH is 2. The fraction of sp³-hybridized carbons (Fsp3) is 0.571. The molecule has 0 bridgehead atoms. The molecule has 1 aromatic rings. The quantitative estimate of drug-likeness (QED) is 0.744. The van der Waals surface area contributed by atoms with Gasteiger partial charge >= 0.3 is 0 Å². The van der Waals surface area contributed by atoms with Crippen LogP contribution in [0.3, 0.4) is 0 Å². The third-order valence-corrected chi connectivity index (χ3v) is 2.84. The first-order valence-electron chi connectivity index (χ1n) is 6.14. The molecule has 2 unspecified atom stereocenters. The fourth-order valence-corrected chi connectivity index (χ4v) is 1.84. The molecule has 0 saturated carbocycles. The summed E-state index contributed by atoms with van der Waals surface area (Å²) in [4.78, 5) is 0. The van der Waals surface area contributed by atoms with E-state index in [4.69, 9.17) is 0 Å². The predicted molar refractivity (Wildman–Crippen MR) is 66.3 cm³/mol. The molecule has 0 heterocycles. The first kappa shape index (κ1) is 13.2. The second kappa shape index (κ2) is 7.42. The lowest BCUT2D eigenvalue weighted by Gasteiger charge is -2.16. The summed E-state index contributed by atoms with van der Waals surface area (Å²) in [7, 11) is 0. The SMILES string of the molecule is CCCC(O)C(O)CCCc1ccccc1. The molecule has 0 spiro atoms. The second-order valence-corrected chi connectivity index (χ2v) is 4.30. The topological polar surface area (TPSA) is 40.5 Å². The van der Waals surface area contributed by atoms with Gasteiger partial charge in [-0.3, -0.25) is 0 Å². The van der Waals surface area contributed by atoms with Crippen LogP contribution in [0.15, 0.2) is 30.3 Å². The Morgan fingerprint density at radius 2 is 1.62 bits per heavy atom. The van der Waals surface area contributed by atoms with Gasteiger partial charge < -0.3 is 10.2 Å². The van der Waals surface area contributed by atoms with Gasteiger partial charge in [-0.25, -0.2) is 0 Å². The van der Waals surface area contributed by atoms with E-state index in [0.717, 1.165) is 19.3 Å². The summed E-state index contributed by atoms with van der Waals surface area (Å²) in [5.74, 6) is 0. The molecule has 0 aliphatic carbocycles. The van der Waals surface area contributed by atoms with E-state index in [2.05, 4.69) is 12.1 Å². The average molecular weight is 222 g/mol. The molecule has 0 amide bonds. The first-order valence-corrected chi connectivity index (χ1v) is 6.14. The maximum atomic E-state index is 9.68. The van der Waals surface area contributed by atoms with Crippen LogP contribution in [0.4, 0.5) is 0 Å². The second-order valence-electron chi connectivity index (χ2n) is 4.30. The minimum absolute atomic E-state index is 0.555. The highest BCUT2D eigenvalue weighted by Crippen LogP contribution is 2.11. The molecule has 2 atom stereocenters. The molecule has 0 fully saturated rings. The molecule has 0 aliphatic heterocycles. The van der Waals surface area contributed by atoms with Crippen LogP contribution in [0.25, 0.3) is 0 Å². The van der Waals surface area contributed by atoms with Gasteiger partial charge in [-0.05, 0) is 31.2 Å². The molecule has 0 radical (unpaired) electrons. The van der Waals surface area contributed by atoms with Crippen molar-refractivity contribution >= 4 is 0 Å². The van der Waals surface area contributed by atoms with Crippen molar-refractivity contribution in [2.75, 3.05) is 0 Å². The molecular weight excluding hydrogens is 200 g/mol. The molecule has 2 nitrogen and oxygen atoms in total. The Kier molecular flexibility index (Phi) is 6.12. The van der Waals surface area contributed by atoms with Crippen LogP contribution >= 0.6 is 0 Å². The molecule has 2 N–H and O–H groups in total. The summed E-state index contributed by atoms with van der Waals surface area (Å²) in [5, 5.41) is 19.2. The number of rotatable bonds is 7. The minimum Gasteiger partial charge on any atom is -0.390 e. The molecular formula is C14H22O2. The number of aryl methyl sites for hydroxylation is 1. The van der Waals surface area contributed by atoms with Crippen LogP contribution in [0, 0.1) is 0 Å². The summed E-state index contributed by atoms with van der Waals surface area (Å²) < 4.78 is 0. The summed E-state index contributed by atoms with van der Waals surface area (Å²) in [6.07, 6.45) is 3.05. The van der Waals surface area contributed by atoms with Crippen molar-refractivity contribution in [3.8, 4) is 0 Å². The smallest absolute Gasteiger partial charge is 0.0799 e. The van der Waals surface area contributed by atoms with E-state index in [1.807, 2.05) is 25.1 Å². The van der Waals surface area contributed by atoms with Crippen LogP contribution in [0.5, 0.6) is 0 Å². The van der Waals surface area contributed by atoms with Gasteiger partial charge in [0.05, 0.1) is 12.2 Å². The van der Waals surface area contributed by atoms with Gasteiger partial charge in [0, 0.05) is 0 Å². The fourth-order valence-electron chi connectivity index (χ4n) is 1.84. The average Bonchev–Trinajstić information content (AvgIpc) is 2.30. The molecule has 1 aromatic carbocycles. The van der Waals surface area contributed by atoms with Crippen LogP contribution in [-0.4, -0.2) is 22.4 Å². The van der Waals surface area contributed by atoms with E-state index in [0.29, 0.717) is 12.8 Å². The summed E-state index contributed by atoms with van der Waals surface area (Å²) in [5.41, 5.74) is 1.29. The Labute approximate surface area is 97.9 Å². The molecule has 0 saturated heterocycles. The van der Waals surface area contributed by atoms with Crippen molar-refractivity contribution in [2.45, 2.75) is 51.2 Å². The maximum absolute atomic E-state index is 9.68. The molecule has 1 rings (SSSR count). The van der Waals surface area contributed by atoms with Crippen LogP contribution in [-0.2, 0) is 6.42 Å². The lowest BCUT2D eigenvalue weighted by atomic mass is 10.0. The van der Waals surface area contributed by atoms with E-state index >= 15 is 0 Å². The first-order chi connectivity index (χ1) is 7.74. The van der Waals surface area contributed by atoms with Crippen molar-refractivity contribution in [3.63, 3.8) is 0 Å². The van der Waals surface area contributed by atoms with Gasteiger partial charge in [-0.1, -0.05) is 43.7 Å². The molecule has 16 heavy (non-hydrogen) atoms. The normalized spacial score (nSPS) is 14.7. The number of benzene rings is 1. The molecule has 0 aliphatic rings. The largest absolute Gasteiger partial charge is 0.390 e. The lowest BCUT2D eigenvalue weighted by molar-refractivity contribution is 0.00857. The van der Waals surface area contributed by atoms with Gasteiger partial charge in [0.2, 0.25) is 0 Å². The zero-order valence-electron chi connectivity index (χ0n) is 9.97. The molecule has 2 heteroatoms. The Morgan fingerprint density at radius 3 is 2.25 bits per heavy atom. The number of hydrogen-bond acceptors (Lipinski definition) is 2. The van der Waals surface area contributed by atoms with Crippen molar-refractivity contribution in [3.05, 3.63) is 35.9 Å².